The third-order valence-corrected chi connectivity index (χ3v) is 4.26. The highest BCUT2D eigenvalue weighted by Gasteiger charge is 2.11. The summed E-state index contributed by atoms with van der Waals surface area (Å²) in [6.07, 6.45) is 1.73. The molecule has 0 aliphatic carbocycles. The fourth-order valence-electron chi connectivity index (χ4n) is 2.07. The molecule has 0 bridgehead atoms. The Bertz CT molecular complexity index is 844. The highest BCUT2D eigenvalue weighted by Crippen LogP contribution is 2.24. The van der Waals surface area contributed by atoms with E-state index in [2.05, 4.69) is 15.2 Å². The summed E-state index contributed by atoms with van der Waals surface area (Å²) in [4.78, 5) is 15.2. The van der Waals surface area contributed by atoms with Crippen LogP contribution in [0, 0.1) is 0 Å². The average Bonchev–Trinajstić information content (AvgIpc) is 2.91. The van der Waals surface area contributed by atoms with Crippen molar-refractivity contribution in [2.24, 2.45) is 12.8 Å². The monoisotopic (exact) mass is 329 g/mol. The van der Waals surface area contributed by atoms with E-state index >= 15 is 0 Å². The minimum Gasteiger partial charge on any atom is -0.483 e. The number of pyridine rings is 1. The number of amides is 1. The number of nitrogens with zero attached hydrogens (tertiary/aromatic N) is 4. The summed E-state index contributed by atoms with van der Waals surface area (Å²) in [7, 11) is 1.82. The quantitative estimate of drug-likeness (QED) is 0.689. The Labute approximate surface area is 136 Å². The minimum atomic E-state index is -0.391. The number of carbonyl (C=O) groups is 1. The molecule has 7 nitrogen and oxygen atoms in total. The molecule has 0 saturated carbocycles. The number of thioether (sulfide) groups is 1. The molecule has 118 valence electrons. The van der Waals surface area contributed by atoms with E-state index in [4.69, 9.17) is 10.5 Å². The molecule has 2 heterocycles. The van der Waals surface area contributed by atoms with Crippen molar-refractivity contribution in [2.75, 3.05) is 5.75 Å². The van der Waals surface area contributed by atoms with Gasteiger partial charge in [0.1, 0.15) is 17.9 Å². The number of hydrogen-bond donors (Lipinski definition) is 1. The number of hydrogen-bond acceptors (Lipinski definition) is 6. The molecule has 0 unspecified atom stereocenters. The van der Waals surface area contributed by atoms with E-state index in [9.17, 15) is 4.79 Å². The molecule has 0 aliphatic heterocycles. The van der Waals surface area contributed by atoms with E-state index in [-0.39, 0.29) is 12.4 Å². The molecule has 1 amide bonds. The van der Waals surface area contributed by atoms with Crippen LogP contribution in [0.2, 0.25) is 0 Å². The smallest absolute Gasteiger partial charge is 0.227 e. The number of aromatic nitrogens is 4. The lowest BCUT2D eigenvalue weighted by Crippen LogP contribution is -2.13. The first-order chi connectivity index (χ1) is 11.1. The second kappa shape index (κ2) is 6.66. The Hall–Kier alpha value is -2.61. The lowest BCUT2D eigenvalue weighted by molar-refractivity contribution is -0.115. The van der Waals surface area contributed by atoms with Crippen LogP contribution < -0.4 is 10.5 Å². The maximum Gasteiger partial charge on any atom is 0.227 e. The molecule has 2 aromatic heterocycles. The van der Waals surface area contributed by atoms with Gasteiger partial charge in [-0.15, -0.1) is 10.2 Å². The van der Waals surface area contributed by atoms with Gasteiger partial charge in [-0.2, -0.15) is 0 Å². The number of para-hydroxylation sites is 1. The maximum absolute atomic E-state index is 10.8. The third kappa shape index (κ3) is 3.42. The molecule has 0 aliphatic rings. The normalized spacial score (nSPS) is 10.8. The van der Waals surface area contributed by atoms with E-state index in [1.165, 1.54) is 11.8 Å². The fourth-order valence-corrected chi connectivity index (χ4v) is 2.74. The summed E-state index contributed by atoms with van der Waals surface area (Å²) < 4.78 is 7.62. The van der Waals surface area contributed by atoms with Gasteiger partial charge in [0, 0.05) is 18.6 Å². The predicted molar refractivity (Wildman–Crippen MR) is 87.0 cm³/mol. The molecule has 0 fully saturated rings. The number of ether oxygens (including phenoxy) is 1. The summed E-state index contributed by atoms with van der Waals surface area (Å²) in [5, 5.41) is 9.76. The van der Waals surface area contributed by atoms with Crippen LogP contribution in [0.5, 0.6) is 5.75 Å². The van der Waals surface area contributed by atoms with E-state index in [1.807, 2.05) is 37.4 Å². The van der Waals surface area contributed by atoms with E-state index in [1.54, 1.807) is 10.8 Å². The van der Waals surface area contributed by atoms with Crippen molar-refractivity contribution in [2.45, 2.75) is 11.8 Å². The molecule has 1 aromatic carbocycles. The Morgan fingerprint density at radius 2 is 2.13 bits per heavy atom. The summed E-state index contributed by atoms with van der Waals surface area (Å²) in [5.41, 5.74) is 5.94. The van der Waals surface area contributed by atoms with Crippen molar-refractivity contribution in [3.8, 4) is 5.75 Å². The number of rotatable bonds is 6. The molecular weight excluding hydrogens is 314 g/mol. The Morgan fingerprint density at radius 3 is 2.96 bits per heavy atom. The molecule has 3 aromatic rings. The SMILES string of the molecule is Cn1c(COc2cccc3cccnc23)nnc1SCC(N)=O. The number of benzene rings is 1. The Kier molecular flexibility index (Phi) is 4.42. The molecule has 0 saturated heterocycles. The molecule has 0 spiro atoms. The van der Waals surface area contributed by atoms with Crippen LogP contribution in [-0.4, -0.2) is 31.4 Å². The number of fused-ring (bicyclic) bond motifs is 1. The van der Waals surface area contributed by atoms with E-state index in [0.29, 0.717) is 16.7 Å². The lowest BCUT2D eigenvalue weighted by Gasteiger charge is -2.08. The first-order valence-electron chi connectivity index (χ1n) is 6.91. The van der Waals surface area contributed by atoms with Gasteiger partial charge in [-0.3, -0.25) is 9.78 Å². The highest BCUT2D eigenvalue weighted by molar-refractivity contribution is 7.99. The van der Waals surface area contributed by atoms with E-state index < -0.39 is 5.91 Å². The van der Waals surface area contributed by atoms with Crippen LogP contribution in [0.4, 0.5) is 0 Å². The average molecular weight is 329 g/mol. The molecule has 2 N–H and O–H groups in total. The number of carbonyl (C=O) groups excluding carboxylic acids is 1. The van der Waals surface area contributed by atoms with Gasteiger partial charge in [-0.25, -0.2) is 0 Å². The Morgan fingerprint density at radius 1 is 1.30 bits per heavy atom. The first-order valence-corrected chi connectivity index (χ1v) is 7.89. The van der Waals surface area contributed by atoms with Crippen molar-refractivity contribution in [1.29, 1.82) is 0 Å². The van der Waals surface area contributed by atoms with Crippen LogP contribution in [0.1, 0.15) is 5.82 Å². The molecule has 3 rings (SSSR count). The van der Waals surface area contributed by atoms with Crippen molar-refractivity contribution in [3.05, 3.63) is 42.4 Å². The summed E-state index contributed by atoms with van der Waals surface area (Å²) in [6.45, 7) is 0.260. The zero-order chi connectivity index (χ0) is 16.2. The zero-order valence-corrected chi connectivity index (χ0v) is 13.3. The summed E-state index contributed by atoms with van der Waals surface area (Å²) in [6, 6.07) is 9.64. The molecule has 23 heavy (non-hydrogen) atoms. The van der Waals surface area contributed by atoms with Gasteiger partial charge in [-0.05, 0) is 12.1 Å². The van der Waals surface area contributed by atoms with Crippen LogP contribution in [-0.2, 0) is 18.4 Å². The van der Waals surface area contributed by atoms with Gasteiger partial charge in [0.2, 0.25) is 5.91 Å². The molecule has 0 atom stereocenters. The topological polar surface area (TPSA) is 95.9 Å². The van der Waals surface area contributed by atoms with Crippen molar-refractivity contribution in [3.63, 3.8) is 0 Å². The summed E-state index contributed by atoms with van der Waals surface area (Å²) >= 11 is 1.25. The van der Waals surface area contributed by atoms with E-state index in [0.717, 1.165) is 10.9 Å². The van der Waals surface area contributed by atoms with Gasteiger partial charge in [0.25, 0.3) is 0 Å². The van der Waals surface area contributed by atoms with Crippen molar-refractivity contribution in [1.82, 2.24) is 19.7 Å². The summed E-state index contributed by atoms with van der Waals surface area (Å²) in [5.74, 6) is 1.13. The van der Waals surface area contributed by atoms with Gasteiger partial charge in [-0.1, -0.05) is 30.0 Å². The van der Waals surface area contributed by atoms with Crippen LogP contribution in [0.25, 0.3) is 10.9 Å². The first kappa shape index (κ1) is 15.3. The minimum absolute atomic E-state index is 0.167. The van der Waals surface area contributed by atoms with Gasteiger partial charge < -0.3 is 15.0 Å². The zero-order valence-electron chi connectivity index (χ0n) is 12.5. The third-order valence-electron chi connectivity index (χ3n) is 3.22. The second-order valence-electron chi connectivity index (χ2n) is 4.83. The van der Waals surface area contributed by atoms with Crippen molar-refractivity contribution < 1.29 is 9.53 Å². The van der Waals surface area contributed by atoms with Crippen LogP contribution >= 0.6 is 11.8 Å². The largest absolute Gasteiger partial charge is 0.483 e. The number of primary amides is 1. The van der Waals surface area contributed by atoms with Crippen LogP contribution in [0.3, 0.4) is 0 Å². The molecular formula is C15H15N5O2S. The van der Waals surface area contributed by atoms with Gasteiger partial charge >= 0.3 is 0 Å². The maximum atomic E-state index is 10.8. The molecule has 0 radical (unpaired) electrons. The lowest BCUT2D eigenvalue weighted by atomic mass is 10.2. The van der Waals surface area contributed by atoms with Gasteiger partial charge in [0.15, 0.2) is 11.0 Å². The standard InChI is InChI=1S/C15H15N5O2S/c1-20-13(18-19-15(20)23-9-12(16)21)8-22-11-6-2-4-10-5-3-7-17-14(10)11/h2-7H,8-9H2,1H3,(H2,16,21). The fraction of sp³-hybridized carbons (Fsp3) is 0.200. The van der Waals surface area contributed by atoms with Crippen LogP contribution in [0.15, 0.2) is 41.7 Å². The number of nitrogens with two attached hydrogens (primary N) is 1. The second-order valence-corrected chi connectivity index (χ2v) is 5.78. The predicted octanol–water partition coefficient (Wildman–Crippen LogP) is 1.52. The van der Waals surface area contributed by atoms with Gasteiger partial charge in [0.05, 0.1) is 5.75 Å². The highest BCUT2D eigenvalue weighted by atomic mass is 32.2. The Balaban J connectivity index is 1.74. The van der Waals surface area contributed by atoms with Crippen molar-refractivity contribution >= 4 is 28.6 Å². The molecule has 8 heteroatoms.